The van der Waals surface area contributed by atoms with Gasteiger partial charge in [0.1, 0.15) is 0 Å². The molecule has 0 bridgehead atoms. The molecule has 0 radical (unpaired) electrons. The molecule has 19 heavy (non-hydrogen) atoms. The van der Waals surface area contributed by atoms with Gasteiger partial charge in [0, 0.05) is 17.5 Å². The van der Waals surface area contributed by atoms with Crippen LogP contribution in [0, 0.1) is 0 Å². The first-order valence-electron chi connectivity index (χ1n) is 5.57. The van der Waals surface area contributed by atoms with E-state index in [0.717, 1.165) is 18.3 Å². The standard InChI is InChI=1S/C14H10F3NO/c15-14(16,17)11-6-7-18-12(8-11)9-13(19)10-4-2-1-3-5-10/h1-8H,9H2. The van der Waals surface area contributed by atoms with Crippen molar-refractivity contribution in [2.75, 3.05) is 0 Å². The van der Waals surface area contributed by atoms with Crippen LogP contribution in [0.25, 0.3) is 0 Å². The zero-order chi connectivity index (χ0) is 13.9. The van der Waals surface area contributed by atoms with Gasteiger partial charge in [-0.15, -0.1) is 0 Å². The number of hydrogen-bond acceptors (Lipinski definition) is 2. The van der Waals surface area contributed by atoms with Crippen LogP contribution in [0.1, 0.15) is 21.6 Å². The van der Waals surface area contributed by atoms with Crippen LogP contribution in [-0.2, 0) is 12.6 Å². The lowest BCUT2D eigenvalue weighted by atomic mass is 10.1. The summed E-state index contributed by atoms with van der Waals surface area (Å²) in [6.45, 7) is 0. The lowest BCUT2D eigenvalue weighted by Gasteiger charge is -2.07. The first kappa shape index (κ1) is 13.3. The predicted molar refractivity (Wildman–Crippen MR) is 63.7 cm³/mol. The smallest absolute Gasteiger partial charge is 0.294 e. The van der Waals surface area contributed by atoms with E-state index in [1.165, 1.54) is 0 Å². The molecule has 1 aromatic carbocycles. The summed E-state index contributed by atoms with van der Waals surface area (Å²) in [5.41, 5.74) is -0.219. The van der Waals surface area contributed by atoms with E-state index in [-0.39, 0.29) is 17.9 Å². The molecule has 98 valence electrons. The molecule has 1 heterocycles. The average molecular weight is 265 g/mol. The summed E-state index contributed by atoms with van der Waals surface area (Å²) >= 11 is 0. The summed E-state index contributed by atoms with van der Waals surface area (Å²) in [4.78, 5) is 15.7. The van der Waals surface area contributed by atoms with Gasteiger partial charge in [0.05, 0.1) is 12.0 Å². The number of pyridine rings is 1. The van der Waals surface area contributed by atoms with Gasteiger partial charge in [-0.25, -0.2) is 0 Å². The lowest BCUT2D eigenvalue weighted by Crippen LogP contribution is -2.09. The van der Waals surface area contributed by atoms with Gasteiger partial charge in [-0.3, -0.25) is 9.78 Å². The highest BCUT2D eigenvalue weighted by Gasteiger charge is 2.30. The highest BCUT2D eigenvalue weighted by Crippen LogP contribution is 2.29. The quantitative estimate of drug-likeness (QED) is 0.795. The number of nitrogens with zero attached hydrogens (tertiary/aromatic N) is 1. The van der Waals surface area contributed by atoms with Crippen LogP contribution in [0.5, 0.6) is 0 Å². The van der Waals surface area contributed by atoms with Crippen LogP contribution >= 0.6 is 0 Å². The van der Waals surface area contributed by atoms with Gasteiger partial charge in [0.25, 0.3) is 0 Å². The maximum absolute atomic E-state index is 12.5. The number of carbonyl (C=O) groups excluding carboxylic acids is 1. The summed E-state index contributed by atoms with van der Waals surface area (Å²) in [7, 11) is 0. The van der Waals surface area contributed by atoms with Crippen molar-refractivity contribution in [3.05, 3.63) is 65.5 Å². The molecule has 1 aromatic heterocycles. The Hall–Kier alpha value is -2.17. The molecule has 0 unspecified atom stereocenters. The van der Waals surface area contributed by atoms with E-state index in [1.54, 1.807) is 30.3 Å². The number of carbonyl (C=O) groups is 1. The maximum atomic E-state index is 12.5. The Balaban J connectivity index is 2.18. The van der Waals surface area contributed by atoms with Gasteiger partial charge in [-0.05, 0) is 12.1 Å². The van der Waals surface area contributed by atoms with Crippen molar-refractivity contribution >= 4 is 5.78 Å². The monoisotopic (exact) mass is 265 g/mol. The molecule has 2 nitrogen and oxygen atoms in total. The fourth-order valence-electron chi connectivity index (χ4n) is 1.64. The molecule has 2 rings (SSSR count). The summed E-state index contributed by atoms with van der Waals surface area (Å²) in [5.74, 6) is -0.257. The highest BCUT2D eigenvalue weighted by molar-refractivity contribution is 5.97. The number of Topliss-reactive ketones (excluding diaryl/α,β-unsaturated/α-hetero) is 1. The molecule has 0 N–H and O–H groups in total. The summed E-state index contributed by atoms with van der Waals surface area (Å²) in [5, 5.41) is 0. The van der Waals surface area contributed by atoms with Crippen molar-refractivity contribution in [1.82, 2.24) is 4.98 Å². The van der Waals surface area contributed by atoms with Gasteiger partial charge < -0.3 is 0 Å². The van der Waals surface area contributed by atoms with E-state index < -0.39 is 11.7 Å². The summed E-state index contributed by atoms with van der Waals surface area (Å²) < 4.78 is 37.5. The number of alkyl halides is 3. The number of aromatic nitrogens is 1. The first-order valence-corrected chi connectivity index (χ1v) is 5.57. The Morgan fingerprint density at radius 1 is 1.11 bits per heavy atom. The fraction of sp³-hybridized carbons (Fsp3) is 0.143. The minimum absolute atomic E-state index is 0.115. The van der Waals surface area contributed by atoms with Crippen molar-refractivity contribution in [2.24, 2.45) is 0 Å². The molecular formula is C14H10F3NO. The molecule has 0 saturated carbocycles. The largest absolute Gasteiger partial charge is 0.416 e. The molecule has 5 heteroatoms. The summed E-state index contributed by atoms with van der Waals surface area (Å²) in [6, 6.07) is 10.2. The van der Waals surface area contributed by atoms with Crippen molar-refractivity contribution < 1.29 is 18.0 Å². The van der Waals surface area contributed by atoms with E-state index in [0.29, 0.717) is 5.56 Å². The van der Waals surface area contributed by atoms with Crippen LogP contribution in [0.2, 0.25) is 0 Å². The van der Waals surface area contributed by atoms with Crippen LogP contribution in [0.4, 0.5) is 13.2 Å². The van der Waals surface area contributed by atoms with Gasteiger partial charge in [0.15, 0.2) is 5.78 Å². The SMILES string of the molecule is O=C(Cc1cc(C(F)(F)F)ccn1)c1ccccc1. The Labute approximate surface area is 107 Å². The van der Waals surface area contributed by atoms with E-state index in [4.69, 9.17) is 0 Å². The van der Waals surface area contributed by atoms with Gasteiger partial charge in [-0.1, -0.05) is 30.3 Å². The van der Waals surface area contributed by atoms with Crippen molar-refractivity contribution in [3.8, 4) is 0 Å². The molecule has 0 aliphatic carbocycles. The molecule has 2 aromatic rings. The van der Waals surface area contributed by atoms with Crippen molar-refractivity contribution in [2.45, 2.75) is 12.6 Å². The van der Waals surface area contributed by atoms with E-state index in [2.05, 4.69) is 4.98 Å². The van der Waals surface area contributed by atoms with Crippen molar-refractivity contribution in [1.29, 1.82) is 0 Å². The minimum atomic E-state index is -4.42. The zero-order valence-corrected chi connectivity index (χ0v) is 9.82. The lowest BCUT2D eigenvalue weighted by molar-refractivity contribution is -0.137. The first-order chi connectivity index (χ1) is 8.97. The Kier molecular flexibility index (Phi) is 3.64. The van der Waals surface area contributed by atoms with Gasteiger partial charge in [-0.2, -0.15) is 13.2 Å². The third-order valence-corrected chi connectivity index (χ3v) is 2.58. The van der Waals surface area contributed by atoms with E-state index in [9.17, 15) is 18.0 Å². The van der Waals surface area contributed by atoms with Crippen LogP contribution < -0.4 is 0 Å². The van der Waals surface area contributed by atoms with E-state index >= 15 is 0 Å². The molecule has 0 aliphatic rings. The average Bonchev–Trinajstić information content (AvgIpc) is 2.39. The number of halogens is 3. The Morgan fingerprint density at radius 2 is 1.79 bits per heavy atom. The number of ketones is 1. The fourth-order valence-corrected chi connectivity index (χ4v) is 1.64. The van der Waals surface area contributed by atoms with Crippen LogP contribution in [0.15, 0.2) is 48.7 Å². The minimum Gasteiger partial charge on any atom is -0.294 e. The van der Waals surface area contributed by atoms with Crippen molar-refractivity contribution in [3.63, 3.8) is 0 Å². The Bertz CT molecular complexity index is 579. The number of benzene rings is 1. The number of rotatable bonds is 3. The Morgan fingerprint density at radius 3 is 2.42 bits per heavy atom. The second-order valence-electron chi connectivity index (χ2n) is 4.00. The molecule has 0 saturated heterocycles. The highest BCUT2D eigenvalue weighted by atomic mass is 19.4. The van der Waals surface area contributed by atoms with Crippen LogP contribution in [0.3, 0.4) is 0 Å². The normalized spacial score (nSPS) is 11.3. The molecule has 0 amide bonds. The molecule has 0 aliphatic heterocycles. The summed E-state index contributed by atoms with van der Waals surface area (Å²) in [6.07, 6.45) is -3.50. The molecule has 0 fully saturated rings. The van der Waals surface area contributed by atoms with Crippen LogP contribution in [-0.4, -0.2) is 10.8 Å². The van der Waals surface area contributed by atoms with E-state index in [1.807, 2.05) is 0 Å². The molecule has 0 spiro atoms. The second kappa shape index (κ2) is 5.22. The third kappa shape index (κ3) is 3.40. The molecule has 0 atom stereocenters. The van der Waals surface area contributed by atoms with Gasteiger partial charge >= 0.3 is 6.18 Å². The topological polar surface area (TPSA) is 30.0 Å². The third-order valence-electron chi connectivity index (χ3n) is 2.58. The maximum Gasteiger partial charge on any atom is 0.416 e. The second-order valence-corrected chi connectivity index (χ2v) is 4.00. The zero-order valence-electron chi connectivity index (χ0n) is 9.82. The number of hydrogen-bond donors (Lipinski definition) is 0. The molecular weight excluding hydrogens is 255 g/mol. The predicted octanol–water partition coefficient (Wildman–Crippen LogP) is 3.53. The van der Waals surface area contributed by atoms with Gasteiger partial charge in [0.2, 0.25) is 0 Å².